The average Bonchev–Trinajstić information content (AvgIpc) is 3.18. The highest BCUT2D eigenvalue weighted by Crippen LogP contribution is 2.44. The highest BCUT2D eigenvalue weighted by atomic mass is 16.5. The zero-order valence-electron chi connectivity index (χ0n) is 18.8. The molecule has 0 heterocycles. The predicted molar refractivity (Wildman–Crippen MR) is 129 cm³/mol. The quantitative estimate of drug-likeness (QED) is 0.525. The van der Waals surface area contributed by atoms with Crippen molar-refractivity contribution < 1.29 is 24.2 Å². The number of carbonyl (C=O) groups is 3. The first kappa shape index (κ1) is 23.0. The number of carbonyl (C=O) groups excluding carboxylic acids is 2. The molecule has 0 radical (unpaired) electrons. The Morgan fingerprint density at radius 1 is 0.912 bits per heavy atom. The maximum Gasteiger partial charge on any atom is 0.407 e. The summed E-state index contributed by atoms with van der Waals surface area (Å²) in [5, 5.41) is 11.9. The van der Waals surface area contributed by atoms with Crippen molar-refractivity contribution in [3.05, 3.63) is 90.0 Å². The van der Waals surface area contributed by atoms with Gasteiger partial charge < -0.3 is 20.1 Å². The fourth-order valence-corrected chi connectivity index (χ4v) is 4.28. The van der Waals surface area contributed by atoms with Crippen LogP contribution in [0.2, 0.25) is 0 Å². The molecule has 0 spiro atoms. The lowest BCUT2D eigenvalue weighted by Crippen LogP contribution is -2.43. The molecular weight excluding hydrogens is 432 g/mol. The predicted octanol–water partition coefficient (Wildman–Crippen LogP) is 4.28. The van der Waals surface area contributed by atoms with Crippen LogP contribution in [0.5, 0.6) is 0 Å². The minimum atomic E-state index is -1.12. The van der Waals surface area contributed by atoms with Crippen LogP contribution in [-0.2, 0) is 14.3 Å². The Hall–Kier alpha value is -4.13. The number of ether oxygens (including phenoxy) is 1. The van der Waals surface area contributed by atoms with E-state index < -0.39 is 30.4 Å². The molecular formula is C27H26N2O5. The second-order valence-electron chi connectivity index (χ2n) is 8.26. The summed E-state index contributed by atoms with van der Waals surface area (Å²) in [6, 6.07) is 24.8. The molecule has 0 aromatic heterocycles. The number of hydrogen-bond acceptors (Lipinski definition) is 4. The van der Waals surface area contributed by atoms with Gasteiger partial charge in [-0.1, -0.05) is 73.7 Å². The van der Waals surface area contributed by atoms with Gasteiger partial charge in [0.1, 0.15) is 13.2 Å². The topological polar surface area (TPSA) is 95.9 Å². The first-order valence-electron chi connectivity index (χ1n) is 11.1. The largest absolute Gasteiger partial charge is 0.480 e. The van der Waals surface area contributed by atoms with Crippen LogP contribution in [0.3, 0.4) is 0 Å². The number of nitrogens with zero attached hydrogens (tertiary/aromatic N) is 1. The summed E-state index contributed by atoms with van der Waals surface area (Å²) in [7, 11) is 0. The molecule has 0 bridgehead atoms. The minimum Gasteiger partial charge on any atom is -0.480 e. The van der Waals surface area contributed by atoms with Crippen LogP contribution in [0.1, 0.15) is 24.0 Å². The fraction of sp³-hybridized carbons (Fsp3) is 0.222. The Kier molecular flexibility index (Phi) is 6.92. The van der Waals surface area contributed by atoms with Crippen LogP contribution < -0.4 is 10.2 Å². The van der Waals surface area contributed by atoms with Gasteiger partial charge in [0.2, 0.25) is 5.91 Å². The van der Waals surface area contributed by atoms with Gasteiger partial charge in [0, 0.05) is 18.2 Å². The summed E-state index contributed by atoms with van der Waals surface area (Å²) in [5.41, 5.74) is 5.01. The van der Waals surface area contributed by atoms with E-state index in [2.05, 4.69) is 17.4 Å². The number of para-hydroxylation sites is 1. The smallest absolute Gasteiger partial charge is 0.407 e. The molecule has 1 aliphatic rings. The number of hydrogen-bond donors (Lipinski definition) is 2. The lowest BCUT2D eigenvalue weighted by atomic mass is 9.98. The van der Waals surface area contributed by atoms with Gasteiger partial charge in [-0.3, -0.25) is 9.59 Å². The molecule has 1 aliphatic carbocycles. The van der Waals surface area contributed by atoms with Gasteiger partial charge in [-0.15, -0.1) is 0 Å². The van der Waals surface area contributed by atoms with E-state index in [0.717, 1.165) is 22.3 Å². The van der Waals surface area contributed by atoms with E-state index in [-0.39, 0.29) is 19.1 Å². The zero-order valence-corrected chi connectivity index (χ0v) is 18.8. The summed E-state index contributed by atoms with van der Waals surface area (Å²) in [4.78, 5) is 37.8. The summed E-state index contributed by atoms with van der Waals surface area (Å²) in [6.45, 7) is 1.39. The summed E-state index contributed by atoms with van der Waals surface area (Å²) < 4.78 is 5.51. The number of rotatable bonds is 8. The molecule has 7 nitrogen and oxygen atoms in total. The van der Waals surface area contributed by atoms with Crippen LogP contribution in [0.25, 0.3) is 11.1 Å². The second kappa shape index (κ2) is 10.2. The molecule has 0 saturated carbocycles. The van der Waals surface area contributed by atoms with Crippen LogP contribution in [0.15, 0.2) is 78.9 Å². The van der Waals surface area contributed by atoms with Crippen molar-refractivity contribution in [2.24, 2.45) is 5.92 Å². The van der Waals surface area contributed by atoms with Crippen LogP contribution in [0, 0.1) is 5.92 Å². The number of alkyl carbamates (subject to hydrolysis) is 1. The van der Waals surface area contributed by atoms with Gasteiger partial charge in [0.25, 0.3) is 0 Å². The van der Waals surface area contributed by atoms with Crippen LogP contribution in [0.4, 0.5) is 10.5 Å². The van der Waals surface area contributed by atoms with Crippen molar-refractivity contribution in [3.8, 4) is 11.1 Å². The average molecular weight is 459 g/mol. The molecule has 174 valence electrons. The van der Waals surface area contributed by atoms with Crippen molar-refractivity contribution >= 4 is 23.7 Å². The Balaban J connectivity index is 1.35. The third-order valence-corrected chi connectivity index (χ3v) is 5.95. The van der Waals surface area contributed by atoms with Gasteiger partial charge in [0.05, 0.1) is 5.92 Å². The Morgan fingerprint density at radius 2 is 1.47 bits per heavy atom. The van der Waals surface area contributed by atoms with Crippen LogP contribution in [-0.4, -0.2) is 42.8 Å². The van der Waals surface area contributed by atoms with Crippen molar-refractivity contribution in [2.75, 3.05) is 24.6 Å². The number of benzene rings is 3. The Bertz CT molecular complexity index is 1150. The summed E-state index contributed by atoms with van der Waals surface area (Å²) >= 11 is 0. The number of nitrogens with one attached hydrogen (secondary N) is 1. The van der Waals surface area contributed by atoms with Gasteiger partial charge in [-0.2, -0.15) is 0 Å². The normalized spacial score (nSPS) is 12.9. The van der Waals surface area contributed by atoms with Gasteiger partial charge in [0.15, 0.2) is 0 Å². The van der Waals surface area contributed by atoms with Gasteiger partial charge >= 0.3 is 12.1 Å². The Labute approximate surface area is 198 Å². The lowest BCUT2D eigenvalue weighted by molar-refractivity contribution is -0.137. The van der Waals surface area contributed by atoms with E-state index in [1.807, 2.05) is 36.4 Å². The van der Waals surface area contributed by atoms with Crippen LogP contribution >= 0.6 is 0 Å². The molecule has 0 saturated heterocycles. The molecule has 2 amide bonds. The molecule has 3 aromatic carbocycles. The number of anilines is 1. The molecule has 34 heavy (non-hydrogen) atoms. The third-order valence-electron chi connectivity index (χ3n) is 5.95. The molecule has 0 aliphatic heterocycles. The van der Waals surface area contributed by atoms with E-state index in [9.17, 15) is 19.5 Å². The highest BCUT2D eigenvalue weighted by molar-refractivity contribution is 5.98. The van der Waals surface area contributed by atoms with Crippen molar-refractivity contribution in [2.45, 2.75) is 12.8 Å². The molecule has 7 heteroatoms. The van der Waals surface area contributed by atoms with Gasteiger partial charge in [-0.05, 0) is 34.4 Å². The highest BCUT2D eigenvalue weighted by Gasteiger charge is 2.29. The number of fused-ring (bicyclic) bond motifs is 3. The molecule has 0 fully saturated rings. The Morgan fingerprint density at radius 3 is 2.06 bits per heavy atom. The van der Waals surface area contributed by atoms with Crippen molar-refractivity contribution in [1.82, 2.24) is 5.32 Å². The van der Waals surface area contributed by atoms with E-state index in [1.165, 1.54) is 4.90 Å². The molecule has 4 rings (SSSR count). The third kappa shape index (κ3) is 4.93. The maximum absolute atomic E-state index is 12.9. The number of carboxylic acids is 1. The number of amides is 2. The molecule has 1 atom stereocenters. The number of aliphatic carboxylic acids is 1. The summed E-state index contributed by atoms with van der Waals surface area (Å²) in [5.74, 6) is -2.21. The standard InChI is InChI=1S/C27H26N2O5/c1-18(26(32)29(16-25(30)31)19-9-3-2-4-10-19)15-28-27(33)34-17-24-22-13-7-5-11-20(22)21-12-6-8-14-23(21)24/h2-14,18,24H,15-17H2,1H3,(H,28,33)(H,30,31). The van der Waals surface area contributed by atoms with Gasteiger partial charge in [-0.25, -0.2) is 4.79 Å². The van der Waals surface area contributed by atoms with Crippen molar-refractivity contribution in [3.63, 3.8) is 0 Å². The molecule has 2 N–H and O–H groups in total. The second-order valence-corrected chi connectivity index (χ2v) is 8.26. The lowest BCUT2D eigenvalue weighted by Gasteiger charge is -2.24. The van der Waals surface area contributed by atoms with E-state index in [1.54, 1.807) is 37.3 Å². The zero-order chi connectivity index (χ0) is 24.1. The first-order chi connectivity index (χ1) is 16.5. The first-order valence-corrected chi connectivity index (χ1v) is 11.1. The number of carboxylic acid groups (broad SMARTS) is 1. The molecule has 3 aromatic rings. The van der Waals surface area contributed by atoms with E-state index >= 15 is 0 Å². The van der Waals surface area contributed by atoms with E-state index in [4.69, 9.17) is 4.74 Å². The minimum absolute atomic E-state index is 0.0262. The van der Waals surface area contributed by atoms with E-state index in [0.29, 0.717) is 5.69 Å². The maximum atomic E-state index is 12.9. The summed E-state index contributed by atoms with van der Waals surface area (Å²) in [6.07, 6.45) is -0.619. The monoisotopic (exact) mass is 458 g/mol. The SMILES string of the molecule is CC(CNC(=O)OCC1c2ccccc2-c2ccccc21)C(=O)N(CC(=O)O)c1ccccc1. The molecule has 1 unspecified atom stereocenters. The van der Waals surface area contributed by atoms with Crippen molar-refractivity contribution in [1.29, 1.82) is 0 Å². The fourth-order valence-electron chi connectivity index (χ4n) is 4.28.